The van der Waals surface area contributed by atoms with Gasteiger partial charge in [-0.15, -0.1) is 0 Å². The number of hydrogen-bond acceptors (Lipinski definition) is 3. The Balaban J connectivity index is 4.73. The van der Waals surface area contributed by atoms with Crippen LogP contribution in [0, 0.1) is 5.41 Å². The summed E-state index contributed by atoms with van der Waals surface area (Å²) in [5.41, 5.74) is -0.395. The van der Waals surface area contributed by atoms with Crippen molar-refractivity contribution in [3.8, 4) is 0 Å². The summed E-state index contributed by atoms with van der Waals surface area (Å²) in [6.45, 7) is 7.08. The van der Waals surface area contributed by atoms with Crippen LogP contribution in [0.2, 0.25) is 0 Å². The molecule has 0 rings (SSSR count). The second kappa shape index (κ2) is 4.44. The number of rotatable bonds is 3. The van der Waals surface area contributed by atoms with Crippen molar-refractivity contribution in [2.45, 2.75) is 37.1 Å². The summed E-state index contributed by atoms with van der Waals surface area (Å²) in [5.74, 6) is 0.0771. The van der Waals surface area contributed by atoms with E-state index in [0.29, 0.717) is 0 Å². The van der Waals surface area contributed by atoms with Gasteiger partial charge < -0.3 is 5.11 Å². The van der Waals surface area contributed by atoms with Crippen LogP contribution in [0.1, 0.15) is 27.7 Å². The molecule has 0 fully saturated rings. The van der Waals surface area contributed by atoms with Crippen molar-refractivity contribution < 1.29 is 13.5 Å². The van der Waals surface area contributed by atoms with Crippen LogP contribution in [0.25, 0.3) is 0 Å². The fourth-order valence-electron chi connectivity index (χ4n) is 0.749. The average molecular weight is 320 g/mol. The zero-order valence-electron chi connectivity index (χ0n) is 8.41. The number of hydrogen-bond donors (Lipinski definition) is 1. The van der Waals surface area contributed by atoms with E-state index in [1.807, 2.05) is 20.8 Å². The van der Waals surface area contributed by atoms with Gasteiger partial charge in [0.1, 0.15) is 3.26 Å². The van der Waals surface area contributed by atoms with E-state index < -0.39 is 24.6 Å². The molecule has 0 saturated carbocycles. The van der Waals surface area contributed by atoms with Crippen molar-refractivity contribution in [2.24, 2.45) is 5.41 Å². The molecule has 0 spiro atoms. The predicted octanol–water partition coefficient (Wildman–Crippen LogP) is 1.59. The lowest BCUT2D eigenvalue weighted by atomic mass is 9.90. The third-order valence-corrected chi connectivity index (χ3v) is 6.64. The van der Waals surface area contributed by atoms with Gasteiger partial charge in [0.05, 0.1) is 6.10 Å². The molecule has 0 saturated heterocycles. The van der Waals surface area contributed by atoms with Gasteiger partial charge in [-0.3, -0.25) is 0 Å². The van der Waals surface area contributed by atoms with Crippen LogP contribution in [0.5, 0.6) is 0 Å². The van der Waals surface area contributed by atoms with Gasteiger partial charge in [0.15, 0.2) is 9.84 Å². The molecule has 2 atom stereocenters. The highest BCUT2D eigenvalue weighted by molar-refractivity contribution is 14.1. The van der Waals surface area contributed by atoms with Crippen molar-refractivity contribution in [1.82, 2.24) is 0 Å². The molecule has 0 aliphatic rings. The summed E-state index contributed by atoms with van der Waals surface area (Å²) >= 11 is 1.80. The minimum atomic E-state index is -3.14. The van der Waals surface area contributed by atoms with Gasteiger partial charge in [-0.05, 0) is 5.41 Å². The number of alkyl halides is 1. The van der Waals surface area contributed by atoms with E-state index in [2.05, 4.69) is 0 Å². The quantitative estimate of drug-likeness (QED) is 0.635. The first-order valence-corrected chi connectivity index (χ1v) is 7.12. The fraction of sp³-hybridized carbons (Fsp3) is 1.00. The first kappa shape index (κ1) is 13.6. The Morgan fingerprint density at radius 1 is 1.38 bits per heavy atom. The average Bonchev–Trinajstić information content (AvgIpc) is 2.00. The Labute approximate surface area is 94.0 Å². The highest BCUT2D eigenvalue weighted by Crippen LogP contribution is 2.29. The van der Waals surface area contributed by atoms with E-state index in [1.54, 1.807) is 29.5 Å². The SMILES string of the molecule is CCS(=O)(=O)[C@@H](I)[C@@H](O)C(C)(C)C. The van der Waals surface area contributed by atoms with E-state index in [0.717, 1.165) is 0 Å². The molecule has 0 aliphatic carbocycles. The van der Waals surface area contributed by atoms with Gasteiger partial charge in [0.2, 0.25) is 0 Å². The molecule has 0 bridgehead atoms. The lowest BCUT2D eigenvalue weighted by Gasteiger charge is -2.29. The van der Waals surface area contributed by atoms with Gasteiger partial charge in [-0.25, -0.2) is 8.42 Å². The minimum absolute atomic E-state index is 0.0771. The van der Waals surface area contributed by atoms with Crippen molar-refractivity contribution in [1.29, 1.82) is 0 Å². The number of halogens is 1. The molecule has 0 aliphatic heterocycles. The fourth-order valence-corrected chi connectivity index (χ4v) is 4.03. The number of sulfone groups is 1. The molecular formula is C8H17IO3S. The lowest BCUT2D eigenvalue weighted by molar-refractivity contribution is 0.0789. The van der Waals surface area contributed by atoms with E-state index in [4.69, 9.17) is 0 Å². The third-order valence-electron chi connectivity index (χ3n) is 1.88. The van der Waals surface area contributed by atoms with Gasteiger partial charge in [0.25, 0.3) is 0 Å². The highest BCUT2D eigenvalue weighted by atomic mass is 127. The van der Waals surface area contributed by atoms with Crippen molar-refractivity contribution in [3.05, 3.63) is 0 Å². The molecule has 0 aromatic carbocycles. The normalized spacial score (nSPS) is 18.3. The predicted molar refractivity (Wildman–Crippen MR) is 62.7 cm³/mol. The molecule has 0 radical (unpaired) electrons. The van der Waals surface area contributed by atoms with E-state index in [9.17, 15) is 13.5 Å². The molecule has 5 heteroatoms. The van der Waals surface area contributed by atoms with Gasteiger partial charge >= 0.3 is 0 Å². The van der Waals surface area contributed by atoms with Crippen LogP contribution >= 0.6 is 22.6 Å². The monoisotopic (exact) mass is 320 g/mol. The molecule has 13 heavy (non-hydrogen) atoms. The van der Waals surface area contributed by atoms with Crippen LogP contribution in [0.4, 0.5) is 0 Å². The smallest absolute Gasteiger partial charge is 0.164 e. The van der Waals surface area contributed by atoms with Crippen LogP contribution < -0.4 is 0 Å². The summed E-state index contributed by atoms with van der Waals surface area (Å²) in [4.78, 5) is 0. The maximum absolute atomic E-state index is 11.4. The number of aliphatic hydroxyl groups excluding tert-OH is 1. The van der Waals surface area contributed by atoms with E-state index in [1.165, 1.54) is 0 Å². The second-order valence-corrected chi connectivity index (χ2v) is 8.71. The summed E-state index contributed by atoms with van der Waals surface area (Å²) in [6.07, 6.45) is -0.821. The Bertz CT molecular complexity index is 253. The summed E-state index contributed by atoms with van der Waals surface area (Å²) in [5, 5.41) is 9.73. The minimum Gasteiger partial charge on any atom is -0.390 e. The van der Waals surface area contributed by atoms with Crippen LogP contribution in [0.3, 0.4) is 0 Å². The largest absolute Gasteiger partial charge is 0.390 e. The summed E-state index contributed by atoms with van der Waals surface area (Å²) in [6, 6.07) is 0. The topological polar surface area (TPSA) is 54.4 Å². The molecule has 0 aromatic heterocycles. The first-order valence-electron chi connectivity index (χ1n) is 4.16. The van der Waals surface area contributed by atoms with Crippen LogP contribution in [0.15, 0.2) is 0 Å². The summed E-state index contributed by atoms with van der Waals surface area (Å²) < 4.78 is 22.1. The second-order valence-electron chi connectivity index (χ2n) is 4.11. The molecule has 0 unspecified atom stereocenters. The molecule has 0 amide bonds. The Morgan fingerprint density at radius 2 is 1.77 bits per heavy atom. The molecular weight excluding hydrogens is 303 g/mol. The Morgan fingerprint density at radius 3 is 2.00 bits per heavy atom. The van der Waals surface area contributed by atoms with Gasteiger partial charge in [0, 0.05) is 5.75 Å². The maximum atomic E-state index is 11.4. The van der Waals surface area contributed by atoms with Gasteiger partial charge in [-0.2, -0.15) is 0 Å². The van der Waals surface area contributed by atoms with Crippen molar-refractivity contribution in [2.75, 3.05) is 5.75 Å². The van der Waals surface area contributed by atoms with E-state index in [-0.39, 0.29) is 5.75 Å². The molecule has 0 aromatic rings. The Kier molecular flexibility index (Phi) is 4.66. The molecule has 3 nitrogen and oxygen atoms in total. The van der Waals surface area contributed by atoms with Crippen molar-refractivity contribution >= 4 is 32.4 Å². The third kappa shape index (κ3) is 3.71. The van der Waals surface area contributed by atoms with Crippen LogP contribution in [-0.2, 0) is 9.84 Å². The van der Waals surface area contributed by atoms with Crippen LogP contribution in [-0.4, -0.2) is 28.6 Å². The molecule has 80 valence electrons. The standard InChI is InChI=1S/C8H17IO3S/c1-5-13(11,12)7(9)6(10)8(2,3)4/h6-7,10H,5H2,1-4H3/t6-,7-/m1/s1. The summed E-state index contributed by atoms with van der Waals surface area (Å²) in [7, 11) is -3.14. The zero-order chi connectivity index (χ0) is 10.9. The molecule has 1 N–H and O–H groups in total. The van der Waals surface area contributed by atoms with Crippen molar-refractivity contribution in [3.63, 3.8) is 0 Å². The lowest BCUT2D eigenvalue weighted by Crippen LogP contribution is -2.39. The maximum Gasteiger partial charge on any atom is 0.164 e. The Hall–Kier alpha value is 0.640. The van der Waals surface area contributed by atoms with Gasteiger partial charge in [-0.1, -0.05) is 50.3 Å². The highest BCUT2D eigenvalue weighted by Gasteiger charge is 2.35. The van der Waals surface area contributed by atoms with E-state index >= 15 is 0 Å². The zero-order valence-corrected chi connectivity index (χ0v) is 11.4. The molecule has 0 heterocycles. The number of aliphatic hydroxyl groups is 1. The first-order chi connectivity index (χ1) is 5.63.